The van der Waals surface area contributed by atoms with Gasteiger partial charge in [-0.2, -0.15) is 13.2 Å². The van der Waals surface area contributed by atoms with Gasteiger partial charge in [0.05, 0.1) is 5.60 Å². The molecule has 2 aromatic rings. The molecule has 30 heavy (non-hydrogen) atoms. The number of aryl methyl sites for hydroxylation is 1. The number of hydrogen-bond donors (Lipinski definition) is 1. The van der Waals surface area contributed by atoms with E-state index in [1.54, 1.807) is 6.92 Å². The maximum absolute atomic E-state index is 13.1. The second-order valence-electron chi connectivity index (χ2n) is 9.23. The third-order valence-corrected chi connectivity index (χ3v) is 6.20. The minimum Gasteiger partial charge on any atom is -0.390 e. The maximum atomic E-state index is 13.1. The predicted octanol–water partition coefficient (Wildman–Crippen LogP) is 5.01. The molecule has 2 aliphatic rings. The van der Waals surface area contributed by atoms with Crippen LogP contribution in [-0.4, -0.2) is 31.0 Å². The number of nitrogens with zero attached hydrogens (tertiary/aromatic N) is 3. The average molecular weight is 423 g/mol. The second-order valence-corrected chi connectivity index (χ2v) is 9.23. The Kier molecular flexibility index (Phi) is 5.64. The minimum absolute atomic E-state index is 0.0180. The van der Waals surface area contributed by atoms with Gasteiger partial charge in [0, 0.05) is 25.3 Å². The van der Waals surface area contributed by atoms with Gasteiger partial charge in [0.25, 0.3) is 0 Å². The number of ketones is 1. The zero-order valence-electron chi connectivity index (χ0n) is 17.2. The van der Waals surface area contributed by atoms with Crippen molar-refractivity contribution in [1.82, 2.24) is 14.5 Å². The standard InChI is InChI=1S/C22H28F3N3O2/c1-21(30,12-14-8-9-14)13-16(29)6-3-7-19-26-17-10-11-18(22(23,24)25)27-20(17)28(19)15-4-2-5-15/h10-11,14-15,30H,2-9,12-13H2,1H3. The van der Waals surface area contributed by atoms with Crippen LogP contribution in [-0.2, 0) is 17.4 Å². The van der Waals surface area contributed by atoms with E-state index in [1.807, 2.05) is 4.57 Å². The molecule has 2 heterocycles. The highest BCUT2D eigenvalue weighted by Crippen LogP contribution is 2.38. The molecule has 0 amide bonds. The molecule has 4 rings (SSSR count). The average Bonchev–Trinajstić information content (AvgIpc) is 3.32. The topological polar surface area (TPSA) is 68.0 Å². The summed E-state index contributed by atoms with van der Waals surface area (Å²) in [6, 6.07) is 2.47. The molecule has 0 bridgehead atoms. The lowest BCUT2D eigenvalue weighted by Gasteiger charge is -2.29. The molecule has 2 aliphatic carbocycles. The molecule has 1 unspecified atom stereocenters. The summed E-state index contributed by atoms with van der Waals surface area (Å²) in [5.41, 5.74) is -1.11. The summed E-state index contributed by atoms with van der Waals surface area (Å²) in [5.74, 6) is 1.26. The molecule has 164 valence electrons. The van der Waals surface area contributed by atoms with Crippen LogP contribution >= 0.6 is 0 Å². The zero-order chi connectivity index (χ0) is 21.5. The normalized spacial score (nSPS) is 19.6. The van der Waals surface area contributed by atoms with Crippen molar-refractivity contribution < 1.29 is 23.1 Å². The van der Waals surface area contributed by atoms with E-state index < -0.39 is 17.5 Å². The van der Waals surface area contributed by atoms with Gasteiger partial charge >= 0.3 is 6.18 Å². The molecular weight excluding hydrogens is 395 g/mol. The highest BCUT2D eigenvalue weighted by molar-refractivity contribution is 5.79. The van der Waals surface area contributed by atoms with E-state index in [2.05, 4.69) is 9.97 Å². The SMILES string of the molecule is CC(O)(CC(=O)CCCc1nc2ccc(C(F)(F)F)nc2n1C1CCC1)CC1CC1. The number of hydrogen-bond acceptors (Lipinski definition) is 4. The molecular formula is C22H28F3N3O2. The number of rotatable bonds is 9. The van der Waals surface area contributed by atoms with Crippen LogP contribution in [0.3, 0.4) is 0 Å². The lowest BCUT2D eigenvalue weighted by molar-refractivity contribution is -0.141. The Morgan fingerprint density at radius 1 is 1.20 bits per heavy atom. The molecule has 1 N–H and O–H groups in total. The first kappa shape index (κ1) is 21.3. The van der Waals surface area contributed by atoms with Crippen LogP contribution < -0.4 is 0 Å². The minimum atomic E-state index is -4.49. The summed E-state index contributed by atoms with van der Waals surface area (Å²) in [5, 5.41) is 10.4. The summed E-state index contributed by atoms with van der Waals surface area (Å²) in [6.07, 6.45) is 2.82. The van der Waals surface area contributed by atoms with Crippen molar-refractivity contribution in [3.05, 3.63) is 23.7 Å². The summed E-state index contributed by atoms with van der Waals surface area (Å²) in [7, 11) is 0. The fourth-order valence-electron chi connectivity index (χ4n) is 4.36. The van der Waals surface area contributed by atoms with Crippen LogP contribution in [0.2, 0.25) is 0 Å². The van der Waals surface area contributed by atoms with E-state index in [9.17, 15) is 23.1 Å². The number of fused-ring (bicyclic) bond motifs is 1. The van der Waals surface area contributed by atoms with E-state index in [-0.39, 0.29) is 23.9 Å². The van der Waals surface area contributed by atoms with Crippen molar-refractivity contribution >= 4 is 16.9 Å². The number of alkyl halides is 3. The molecule has 2 saturated carbocycles. The molecule has 0 radical (unpaired) electrons. The third-order valence-electron chi connectivity index (χ3n) is 6.20. The lowest BCUT2D eigenvalue weighted by atomic mass is 9.91. The molecule has 2 fully saturated rings. The number of aliphatic hydroxyl groups is 1. The highest BCUT2D eigenvalue weighted by Gasteiger charge is 2.35. The quantitative estimate of drug-likeness (QED) is 0.616. The van der Waals surface area contributed by atoms with E-state index in [0.717, 1.165) is 38.2 Å². The van der Waals surface area contributed by atoms with Crippen molar-refractivity contribution in [3.63, 3.8) is 0 Å². The molecule has 2 aromatic heterocycles. The number of imidazole rings is 1. The van der Waals surface area contributed by atoms with Crippen LogP contribution in [0, 0.1) is 5.92 Å². The number of Topliss-reactive ketones (excluding diaryl/α,β-unsaturated/α-hetero) is 1. The summed E-state index contributed by atoms with van der Waals surface area (Å²) in [6.45, 7) is 1.73. The number of aromatic nitrogens is 3. The maximum Gasteiger partial charge on any atom is 0.433 e. The second kappa shape index (κ2) is 7.94. The molecule has 1 atom stereocenters. The Morgan fingerprint density at radius 2 is 1.93 bits per heavy atom. The van der Waals surface area contributed by atoms with Crippen molar-refractivity contribution in [2.75, 3.05) is 0 Å². The van der Waals surface area contributed by atoms with E-state index in [4.69, 9.17) is 0 Å². The summed E-state index contributed by atoms with van der Waals surface area (Å²) < 4.78 is 41.2. The summed E-state index contributed by atoms with van der Waals surface area (Å²) in [4.78, 5) is 20.7. The van der Waals surface area contributed by atoms with E-state index in [1.165, 1.54) is 6.07 Å². The predicted molar refractivity (Wildman–Crippen MR) is 106 cm³/mol. The Morgan fingerprint density at radius 3 is 2.53 bits per heavy atom. The van der Waals surface area contributed by atoms with Crippen molar-refractivity contribution in [3.8, 4) is 0 Å². The first-order chi connectivity index (χ1) is 14.1. The van der Waals surface area contributed by atoms with Gasteiger partial charge in [-0.05, 0) is 57.1 Å². The third kappa shape index (κ3) is 4.85. The number of carbonyl (C=O) groups excluding carboxylic acids is 1. The molecule has 5 nitrogen and oxygen atoms in total. The molecule has 0 saturated heterocycles. The van der Waals surface area contributed by atoms with Crippen molar-refractivity contribution in [1.29, 1.82) is 0 Å². The van der Waals surface area contributed by atoms with Crippen LogP contribution in [0.5, 0.6) is 0 Å². The van der Waals surface area contributed by atoms with Gasteiger partial charge < -0.3 is 9.67 Å². The van der Waals surface area contributed by atoms with E-state index in [0.29, 0.717) is 42.9 Å². The van der Waals surface area contributed by atoms with Crippen molar-refractivity contribution in [2.24, 2.45) is 5.92 Å². The Hall–Kier alpha value is -1.96. The number of pyridine rings is 1. The monoisotopic (exact) mass is 423 g/mol. The van der Waals surface area contributed by atoms with Crippen LogP contribution in [0.1, 0.15) is 82.3 Å². The smallest absolute Gasteiger partial charge is 0.390 e. The molecule has 0 aliphatic heterocycles. The number of halogens is 3. The zero-order valence-corrected chi connectivity index (χ0v) is 17.2. The van der Waals surface area contributed by atoms with Gasteiger partial charge in [0.15, 0.2) is 5.65 Å². The first-order valence-electron chi connectivity index (χ1n) is 10.8. The molecule has 0 aromatic carbocycles. The first-order valence-corrected chi connectivity index (χ1v) is 10.8. The van der Waals surface area contributed by atoms with Gasteiger partial charge in [0.2, 0.25) is 0 Å². The molecule has 8 heteroatoms. The van der Waals surface area contributed by atoms with Gasteiger partial charge in [-0.25, -0.2) is 9.97 Å². The largest absolute Gasteiger partial charge is 0.433 e. The van der Waals surface area contributed by atoms with Crippen molar-refractivity contribution in [2.45, 2.75) is 89.0 Å². The van der Waals surface area contributed by atoms with Gasteiger partial charge in [-0.1, -0.05) is 12.8 Å². The van der Waals surface area contributed by atoms with Gasteiger partial charge in [-0.3, -0.25) is 4.79 Å². The Bertz CT molecular complexity index is 928. The van der Waals surface area contributed by atoms with Crippen LogP contribution in [0.25, 0.3) is 11.2 Å². The van der Waals surface area contributed by atoms with Crippen LogP contribution in [0.15, 0.2) is 12.1 Å². The van der Waals surface area contributed by atoms with Crippen LogP contribution in [0.4, 0.5) is 13.2 Å². The fourth-order valence-corrected chi connectivity index (χ4v) is 4.36. The van der Waals surface area contributed by atoms with Gasteiger partial charge in [0.1, 0.15) is 22.8 Å². The summed E-state index contributed by atoms with van der Waals surface area (Å²) >= 11 is 0. The van der Waals surface area contributed by atoms with Gasteiger partial charge in [-0.15, -0.1) is 0 Å². The number of carbonyl (C=O) groups is 1. The Balaban J connectivity index is 1.45. The highest BCUT2D eigenvalue weighted by atomic mass is 19.4. The fraction of sp³-hybridized carbons (Fsp3) is 0.682. The lowest BCUT2D eigenvalue weighted by Crippen LogP contribution is -2.28. The molecule has 0 spiro atoms. The van der Waals surface area contributed by atoms with E-state index >= 15 is 0 Å². The Labute approximate surface area is 173 Å².